The number of alkyl halides is 2. The molecule has 0 fully saturated rings. The van der Waals surface area contributed by atoms with Crippen molar-refractivity contribution in [2.24, 2.45) is 27.9 Å². The van der Waals surface area contributed by atoms with Crippen LogP contribution in [-0.4, -0.2) is 78.9 Å². The summed E-state index contributed by atoms with van der Waals surface area (Å²) in [7, 11) is 0. The van der Waals surface area contributed by atoms with Crippen molar-refractivity contribution in [2.75, 3.05) is 13.3 Å². The quantitative estimate of drug-likeness (QED) is 0.0312. The second-order valence-electron chi connectivity index (χ2n) is 15.5. The minimum Gasteiger partial charge on any atom is -0.443 e. The average molecular weight is 1080 g/mol. The van der Waals surface area contributed by atoms with Crippen LogP contribution in [0, 0.1) is 5.41 Å². The number of amides is 5. The van der Waals surface area contributed by atoms with Gasteiger partial charge in [-0.3, -0.25) is 24.6 Å². The second-order valence-corrected chi connectivity index (χ2v) is 15.5. The number of halogens is 6. The Bertz CT molecular complexity index is 2440. The first-order valence-electron chi connectivity index (χ1n) is 21.7. The highest BCUT2D eigenvalue weighted by molar-refractivity contribution is 6.02. The molecule has 0 aliphatic heterocycles. The van der Waals surface area contributed by atoms with Gasteiger partial charge >= 0.3 is 6.09 Å². The van der Waals surface area contributed by atoms with E-state index in [2.05, 4.69) is 26.3 Å². The van der Waals surface area contributed by atoms with Gasteiger partial charge in [-0.05, 0) is 53.5 Å². The lowest BCUT2D eigenvalue weighted by molar-refractivity contribution is -0.130. The maximum absolute atomic E-state index is 13.5. The summed E-state index contributed by atoms with van der Waals surface area (Å²) < 4.78 is 31.9. The highest BCUT2D eigenvalue weighted by atomic mass is 35.5. The molecule has 5 aromatic carbocycles. The molecular formula is C50H62Cl4F2N10O6. The Morgan fingerprint density at radius 2 is 0.875 bits per heavy atom. The fraction of sp³-hybridized carbons (Fsp3) is 0.260. The number of aliphatic imine (C=N–C) groups is 1. The number of nitrogens with one attached hydrogen (secondary N) is 5. The van der Waals surface area contributed by atoms with Gasteiger partial charge in [0.05, 0.1) is 12.1 Å². The van der Waals surface area contributed by atoms with Crippen molar-refractivity contribution in [1.29, 1.82) is 5.41 Å². The average Bonchev–Trinajstić information content (AvgIpc) is 3.37. The molecule has 4 atom stereocenters. The number of ether oxygens (including phenoxy) is 1. The summed E-state index contributed by atoms with van der Waals surface area (Å²) in [5, 5.41) is 17.3. The van der Waals surface area contributed by atoms with Gasteiger partial charge in [0.1, 0.15) is 43.7 Å². The number of carbonyl (C=O) groups is 5. The van der Waals surface area contributed by atoms with E-state index in [1.54, 1.807) is 48.5 Å². The van der Waals surface area contributed by atoms with Crippen LogP contribution in [0.1, 0.15) is 51.8 Å². The molecule has 0 saturated heterocycles. The number of hydrogen-bond donors (Lipinski definition) is 9. The van der Waals surface area contributed by atoms with E-state index in [0.29, 0.717) is 42.4 Å². The van der Waals surface area contributed by atoms with E-state index in [1.807, 2.05) is 91.0 Å². The van der Waals surface area contributed by atoms with Crippen LogP contribution in [-0.2, 0) is 56.5 Å². The molecule has 22 heteroatoms. The van der Waals surface area contributed by atoms with Gasteiger partial charge in [0, 0.05) is 24.2 Å². The molecule has 16 nitrogen and oxygen atoms in total. The Morgan fingerprint density at radius 1 is 0.514 bits per heavy atom. The Labute approximate surface area is 442 Å². The minimum atomic E-state index is -1.36. The molecule has 5 aromatic rings. The number of aryl methyl sites for hydroxylation is 2. The van der Waals surface area contributed by atoms with Gasteiger partial charge in [-0.1, -0.05) is 140 Å². The van der Waals surface area contributed by atoms with Crippen LogP contribution in [0.25, 0.3) is 0 Å². The number of amidine groups is 2. The summed E-state index contributed by atoms with van der Waals surface area (Å²) in [5.74, 6) is -2.54. The highest BCUT2D eigenvalue weighted by Crippen LogP contribution is 2.09. The fourth-order valence-electron chi connectivity index (χ4n) is 6.24. The molecule has 13 N–H and O–H groups in total. The molecule has 5 amide bonds. The molecule has 0 spiro atoms. The molecule has 2 unspecified atom stereocenters. The van der Waals surface area contributed by atoms with E-state index in [9.17, 15) is 32.8 Å². The van der Waals surface area contributed by atoms with E-state index < -0.39 is 67.2 Å². The van der Waals surface area contributed by atoms with Crippen molar-refractivity contribution < 1.29 is 37.5 Å². The van der Waals surface area contributed by atoms with E-state index in [1.165, 1.54) is 0 Å². The number of hydrogen-bond acceptors (Lipinski definition) is 9. The van der Waals surface area contributed by atoms with Gasteiger partial charge in [0.2, 0.25) is 23.6 Å². The minimum absolute atomic E-state index is 0. The third-order valence-electron chi connectivity index (χ3n) is 10.3. The Kier molecular flexibility index (Phi) is 32.2. The molecule has 0 saturated carbocycles. The SMILES string of the molecule is Cl.Cl.Cl.Cl.N=C(N)c1ccc(CNC(=O)C(CF)NC(=O)[C@H](N)CCc2ccccc2)cc1.NC(=NC(=O)OCc1ccccc1)c1ccc(CNC(=O)C(CF)NC(=O)[C@H](N)CCc2ccccc2)cc1. The van der Waals surface area contributed by atoms with Crippen LogP contribution in [0.3, 0.4) is 0 Å². The molecule has 0 aliphatic rings. The van der Waals surface area contributed by atoms with Crippen LogP contribution in [0.15, 0.2) is 145 Å². The van der Waals surface area contributed by atoms with E-state index in [4.69, 9.17) is 33.1 Å². The highest BCUT2D eigenvalue weighted by Gasteiger charge is 2.25. The van der Waals surface area contributed by atoms with Gasteiger partial charge in [-0.25, -0.2) is 13.6 Å². The predicted octanol–water partition coefficient (Wildman–Crippen LogP) is 5.45. The topological polar surface area (TPSA) is 283 Å². The Balaban J connectivity index is 0.00000138. The predicted molar refractivity (Wildman–Crippen MR) is 285 cm³/mol. The van der Waals surface area contributed by atoms with Crippen molar-refractivity contribution >= 4 is 91.0 Å². The Morgan fingerprint density at radius 3 is 1.24 bits per heavy atom. The second kappa shape index (κ2) is 35.4. The zero-order chi connectivity index (χ0) is 49.3. The first kappa shape index (κ1) is 65.3. The summed E-state index contributed by atoms with van der Waals surface area (Å²) in [4.78, 5) is 64.9. The standard InChI is InChI=1S/C29H32FN5O4.C21H26FN5O2.4ClH/c30-17-25(34-27(36)24(31)16-13-20-7-3-1-4-8-20)28(37)33-18-21-11-14-23(15-12-21)26(32)35-29(38)39-19-22-9-5-2-6-10-22;22-12-18(21(29)26-13-15-6-9-16(10-7-15)19(24)25)27-20(28)17(23)11-8-14-4-2-1-3-5-14;;;;/h1-12,14-15,24-25H,13,16-19,31H2,(H,33,37)(H,34,36)(H2,32,35,38);1-7,9-10,17-18H,8,11-13,23H2,(H3,24,25)(H,26,29)(H,27,28);4*1H/t24-,25?;17-,18?;;;;/m11..../s1. The van der Waals surface area contributed by atoms with Gasteiger partial charge in [0.25, 0.3) is 0 Å². The zero-order valence-corrected chi connectivity index (χ0v) is 42.3. The largest absolute Gasteiger partial charge is 0.443 e. The summed E-state index contributed by atoms with van der Waals surface area (Å²) in [6.07, 6.45) is 1.13. The fourth-order valence-corrected chi connectivity index (χ4v) is 6.24. The maximum atomic E-state index is 13.5. The van der Waals surface area contributed by atoms with E-state index >= 15 is 0 Å². The van der Waals surface area contributed by atoms with Gasteiger partial charge in [-0.15, -0.1) is 49.6 Å². The van der Waals surface area contributed by atoms with E-state index in [0.717, 1.165) is 22.3 Å². The van der Waals surface area contributed by atoms with Crippen molar-refractivity contribution in [3.8, 4) is 0 Å². The van der Waals surface area contributed by atoms with Crippen molar-refractivity contribution in [3.05, 3.63) is 178 Å². The lowest BCUT2D eigenvalue weighted by Gasteiger charge is -2.18. The molecule has 390 valence electrons. The number of nitrogens with zero attached hydrogens (tertiary/aromatic N) is 1. The summed E-state index contributed by atoms with van der Waals surface area (Å²) in [6.45, 7) is -1.79. The normalized spacial score (nSPS) is 12.0. The summed E-state index contributed by atoms with van der Waals surface area (Å²) >= 11 is 0. The molecule has 0 bridgehead atoms. The van der Waals surface area contributed by atoms with Crippen LogP contribution in [0.4, 0.5) is 13.6 Å². The van der Waals surface area contributed by atoms with Crippen molar-refractivity contribution in [2.45, 2.75) is 69.5 Å². The molecule has 5 rings (SSSR count). The number of carbonyl (C=O) groups excluding carboxylic acids is 5. The smallest absolute Gasteiger partial charge is 0.435 e. The number of rotatable bonds is 22. The first-order chi connectivity index (χ1) is 32.8. The molecule has 0 radical (unpaired) electrons. The molecule has 0 heterocycles. The zero-order valence-electron chi connectivity index (χ0n) is 39.0. The van der Waals surface area contributed by atoms with Gasteiger partial charge < -0.3 is 48.9 Å². The van der Waals surface area contributed by atoms with Crippen LogP contribution >= 0.6 is 49.6 Å². The Hall–Kier alpha value is -6.67. The maximum Gasteiger partial charge on any atom is 0.435 e. The molecular weight excluding hydrogens is 1020 g/mol. The van der Waals surface area contributed by atoms with E-state index in [-0.39, 0.29) is 81.0 Å². The lowest BCUT2D eigenvalue weighted by atomic mass is 10.1. The van der Waals surface area contributed by atoms with Gasteiger partial charge in [-0.2, -0.15) is 4.99 Å². The van der Waals surface area contributed by atoms with Crippen molar-refractivity contribution in [1.82, 2.24) is 21.3 Å². The van der Waals surface area contributed by atoms with Crippen LogP contribution < -0.4 is 44.2 Å². The van der Waals surface area contributed by atoms with Crippen LogP contribution in [0.2, 0.25) is 0 Å². The number of nitrogens with two attached hydrogens (primary N) is 4. The van der Waals surface area contributed by atoms with Crippen molar-refractivity contribution in [3.63, 3.8) is 0 Å². The van der Waals surface area contributed by atoms with Gasteiger partial charge in [0.15, 0.2) is 0 Å². The number of benzene rings is 5. The summed E-state index contributed by atoms with van der Waals surface area (Å²) in [5.41, 5.74) is 28.5. The first-order valence-corrected chi connectivity index (χ1v) is 21.7. The third-order valence-corrected chi connectivity index (χ3v) is 10.3. The lowest BCUT2D eigenvalue weighted by Crippen LogP contribution is -2.52. The molecule has 0 aromatic heterocycles. The third kappa shape index (κ3) is 23.5. The summed E-state index contributed by atoms with van der Waals surface area (Å²) in [6, 6.07) is 37.3. The monoisotopic (exact) mass is 1080 g/mol. The van der Waals surface area contributed by atoms with Crippen LogP contribution in [0.5, 0.6) is 0 Å². The molecule has 0 aliphatic carbocycles. The number of nitrogen functional groups attached to an aromatic ring is 1. The molecule has 72 heavy (non-hydrogen) atoms.